The minimum Gasteiger partial charge on any atom is -0.372 e. The summed E-state index contributed by atoms with van der Waals surface area (Å²) in [6, 6.07) is 13.5. The minimum atomic E-state index is -0.594. The molecule has 0 saturated carbocycles. The number of fused-ring (bicyclic) bond motifs is 1. The fourth-order valence-electron chi connectivity index (χ4n) is 2.33. The largest absolute Gasteiger partial charge is 0.372 e. The number of benzene rings is 2. The Morgan fingerprint density at radius 3 is 2.58 bits per heavy atom. The summed E-state index contributed by atoms with van der Waals surface area (Å²) in [7, 11) is 0. The number of nitrogens with zero attached hydrogens (tertiary/aromatic N) is 4. The van der Waals surface area contributed by atoms with Gasteiger partial charge in [0.2, 0.25) is 0 Å². The van der Waals surface area contributed by atoms with Gasteiger partial charge in [-0.05, 0) is 18.2 Å². The van der Waals surface area contributed by atoms with Crippen molar-refractivity contribution < 1.29 is 4.92 Å². The summed E-state index contributed by atoms with van der Waals surface area (Å²) in [4.78, 5) is 18.1. The Labute approximate surface area is 136 Å². The third-order valence-corrected chi connectivity index (χ3v) is 3.46. The van der Waals surface area contributed by atoms with E-state index >= 15 is 0 Å². The summed E-state index contributed by atoms with van der Waals surface area (Å²) in [5.74, 6) is 0.605. The predicted molar refractivity (Wildman–Crippen MR) is 85.9 cm³/mol. The molecule has 2 aromatic carbocycles. The Kier molecular flexibility index (Phi) is 3.79. The van der Waals surface area contributed by atoms with Gasteiger partial charge in [-0.1, -0.05) is 12.1 Å². The molecule has 8 nitrogen and oxygen atoms in total. The van der Waals surface area contributed by atoms with Gasteiger partial charge in [-0.25, -0.2) is 4.98 Å². The molecule has 2 N–H and O–H groups in total. The van der Waals surface area contributed by atoms with Crippen LogP contribution in [0.15, 0.2) is 36.4 Å². The summed E-state index contributed by atoms with van der Waals surface area (Å²) in [6.07, 6.45) is 0. The summed E-state index contributed by atoms with van der Waals surface area (Å²) < 4.78 is 0. The van der Waals surface area contributed by atoms with Crippen molar-refractivity contribution in [1.29, 1.82) is 10.5 Å². The number of rotatable bonds is 4. The lowest BCUT2D eigenvalue weighted by atomic mass is 10.1. The zero-order chi connectivity index (χ0) is 17.1. The van der Waals surface area contributed by atoms with Crippen molar-refractivity contribution in [3.63, 3.8) is 0 Å². The van der Waals surface area contributed by atoms with Crippen molar-refractivity contribution in [2.45, 2.75) is 6.54 Å². The Hall–Kier alpha value is -3.91. The second kappa shape index (κ2) is 6.07. The number of hydrogen-bond donors (Lipinski definition) is 2. The van der Waals surface area contributed by atoms with Crippen LogP contribution < -0.4 is 5.32 Å². The lowest BCUT2D eigenvalue weighted by Crippen LogP contribution is -2.05. The number of nitrogens with one attached hydrogen (secondary N) is 2. The molecule has 0 spiro atoms. The fourth-order valence-corrected chi connectivity index (χ4v) is 2.33. The lowest BCUT2D eigenvalue weighted by Gasteiger charge is -2.07. The predicted octanol–water partition coefficient (Wildman–Crippen LogP) is 2.83. The van der Waals surface area contributed by atoms with Crippen LogP contribution in [0.25, 0.3) is 11.0 Å². The van der Waals surface area contributed by atoms with Gasteiger partial charge in [0.05, 0.1) is 33.6 Å². The summed E-state index contributed by atoms with van der Waals surface area (Å²) in [5, 5.41) is 32.1. The number of anilines is 1. The topological polar surface area (TPSA) is 131 Å². The van der Waals surface area contributed by atoms with E-state index in [1.807, 2.05) is 30.3 Å². The quantitative estimate of drug-likeness (QED) is 0.561. The highest BCUT2D eigenvalue weighted by Crippen LogP contribution is 2.28. The zero-order valence-electron chi connectivity index (χ0n) is 12.3. The molecule has 0 radical (unpaired) electrons. The van der Waals surface area contributed by atoms with E-state index in [1.54, 1.807) is 6.07 Å². The Bertz CT molecular complexity index is 992. The molecule has 0 saturated heterocycles. The highest BCUT2D eigenvalue weighted by atomic mass is 16.6. The molecule has 0 atom stereocenters. The summed E-state index contributed by atoms with van der Waals surface area (Å²) in [6.45, 7) is 0.215. The molecule has 0 aliphatic heterocycles. The standard InChI is InChI=1S/C16H10N6O2/c17-7-10-5-14(15(22(23)24)6-11(10)8-18)19-9-16-20-12-3-1-2-4-13(12)21-16/h1-6,19H,9H2,(H,20,21). The second-order valence-electron chi connectivity index (χ2n) is 4.95. The van der Waals surface area contributed by atoms with E-state index in [4.69, 9.17) is 10.5 Å². The van der Waals surface area contributed by atoms with E-state index in [1.165, 1.54) is 6.07 Å². The van der Waals surface area contributed by atoms with Crippen LogP contribution in [0.5, 0.6) is 0 Å². The van der Waals surface area contributed by atoms with Gasteiger partial charge in [0.15, 0.2) is 0 Å². The number of aromatic nitrogens is 2. The zero-order valence-corrected chi connectivity index (χ0v) is 12.3. The first-order valence-corrected chi connectivity index (χ1v) is 6.92. The molecule has 1 heterocycles. The highest BCUT2D eigenvalue weighted by molar-refractivity contribution is 5.75. The summed E-state index contributed by atoms with van der Waals surface area (Å²) in [5.41, 5.74) is 1.61. The number of aromatic amines is 1. The van der Waals surface area contributed by atoms with Crippen molar-refractivity contribution in [2.24, 2.45) is 0 Å². The van der Waals surface area contributed by atoms with Crippen molar-refractivity contribution in [3.8, 4) is 12.1 Å². The molecule has 0 aliphatic rings. The number of hydrogen-bond acceptors (Lipinski definition) is 6. The van der Waals surface area contributed by atoms with Crippen LogP contribution in [0.1, 0.15) is 17.0 Å². The molecule has 0 amide bonds. The second-order valence-corrected chi connectivity index (χ2v) is 4.95. The van der Waals surface area contributed by atoms with E-state index in [-0.39, 0.29) is 29.0 Å². The number of nitro benzene ring substituents is 1. The molecular weight excluding hydrogens is 308 g/mol. The number of H-pyrrole nitrogens is 1. The number of imidazole rings is 1. The van der Waals surface area contributed by atoms with Gasteiger partial charge in [0, 0.05) is 6.07 Å². The van der Waals surface area contributed by atoms with Crippen molar-refractivity contribution in [3.05, 3.63) is 63.5 Å². The molecule has 0 aliphatic carbocycles. The highest BCUT2D eigenvalue weighted by Gasteiger charge is 2.18. The maximum Gasteiger partial charge on any atom is 0.293 e. The van der Waals surface area contributed by atoms with Gasteiger partial charge >= 0.3 is 0 Å². The van der Waals surface area contributed by atoms with Crippen LogP contribution in [-0.2, 0) is 6.54 Å². The third kappa shape index (κ3) is 2.72. The van der Waals surface area contributed by atoms with Crippen LogP contribution in [-0.4, -0.2) is 14.9 Å². The van der Waals surface area contributed by atoms with E-state index in [0.29, 0.717) is 5.82 Å². The van der Waals surface area contributed by atoms with Gasteiger partial charge in [0.25, 0.3) is 5.69 Å². The maximum absolute atomic E-state index is 11.2. The first kappa shape index (κ1) is 15.0. The first-order chi connectivity index (χ1) is 11.6. The third-order valence-electron chi connectivity index (χ3n) is 3.46. The van der Waals surface area contributed by atoms with E-state index in [9.17, 15) is 10.1 Å². The SMILES string of the molecule is N#Cc1cc(NCc2nc3ccccc3[nH]2)c([N+](=O)[O-])cc1C#N. The van der Waals surface area contributed by atoms with Crippen LogP contribution in [0, 0.1) is 32.8 Å². The Morgan fingerprint density at radius 2 is 1.92 bits per heavy atom. The van der Waals surface area contributed by atoms with Crippen LogP contribution in [0.2, 0.25) is 0 Å². The van der Waals surface area contributed by atoms with Gasteiger partial charge in [-0.3, -0.25) is 10.1 Å². The van der Waals surface area contributed by atoms with Crippen molar-refractivity contribution >= 4 is 22.4 Å². The molecule has 3 rings (SSSR count). The number of nitriles is 2. The monoisotopic (exact) mass is 318 g/mol. The van der Waals surface area contributed by atoms with Crippen LogP contribution >= 0.6 is 0 Å². The number of para-hydroxylation sites is 2. The first-order valence-electron chi connectivity index (χ1n) is 6.92. The van der Waals surface area contributed by atoms with Crippen molar-refractivity contribution in [1.82, 2.24) is 9.97 Å². The number of nitro groups is 1. The maximum atomic E-state index is 11.2. The Balaban J connectivity index is 1.92. The van der Waals surface area contributed by atoms with Crippen molar-refractivity contribution in [2.75, 3.05) is 5.32 Å². The average Bonchev–Trinajstić information content (AvgIpc) is 3.01. The molecule has 116 valence electrons. The molecule has 0 bridgehead atoms. The van der Waals surface area contributed by atoms with Crippen LogP contribution in [0.4, 0.5) is 11.4 Å². The Morgan fingerprint density at radius 1 is 1.21 bits per heavy atom. The van der Waals surface area contributed by atoms with E-state index < -0.39 is 4.92 Å². The molecule has 0 unspecified atom stereocenters. The summed E-state index contributed by atoms with van der Waals surface area (Å²) >= 11 is 0. The molecule has 24 heavy (non-hydrogen) atoms. The van der Waals surface area contributed by atoms with Crippen LogP contribution in [0.3, 0.4) is 0 Å². The molecule has 8 heteroatoms. The van der Waals surface area contributed by atoms with Gasteiger partial charge < -0.3 is 10.3 Å². The average molecular weight is 318 g/mol. The molecular formula is C16H10N6O2. The van der Waals surface area contributed by atoms with E-state index in [2.05, 4.69) is 15.3 Å². The smallest absolute Gasteiger partial charge is 0.293 e. The molecule has 0 fully saturated rings. The normalized spacial score (nSPS) is 10.1. The van der Waals surface area contributed by atoms with Gasteiger partial charge in [0.1, 0.15) is 23.7 Å². The van der Waals surface area contributed by atoms with Gasteiger partial charge in [-0.15, -0.1) is 0 Å². The van der Waals surface area contributed by atoms with Gasteiger partial charge in [-0.2, -0.15) is 10.5 Å². The van der Waals surface area contributed by atoms with E-state index in [0.717, 1.165) is 17.1 Å². The molecule has 1 aromatic heterocycles. The fraction of sp³-hybridized carbons (Fsp3) is 0.0625. The lowest BCUT2D eigenvalue weighted by molar-refractivity contribution is -0.384. The minimum absolute atomic E-state index is 0.0292. The molecule has 3 aromatic rings.